The molecule has 0 N–H and O–H groups in total. The van der Waals surface area contributed by atoms with E-state index in [1.165, 1.54) is 51.2 Å². The van der Waals surface area contributed by atoms with Crippen LogP contribution in [0.4, 0.5) is 23.0 Å². The third-order valence-electron chi connectivity index (χ3n) is 9.01. The summed E-state index contributed by atoms with van der Waals surface area (Å²) in [5, 5.41) is 0. The number of nitrogens with zero attached hydrogens (tertiary/aromatic N) is 4. The predicted octanol–water partition coefficient (Wildman–Crippen LogP) is 9.25. The van der Waals surface area contributed by atoms with Gasteiger partial charge in [-0.3, -0.25) is 0 Å². The Morgan fingerprint density at radius 2 is 1.36 bits per heavy atom. The van der Waals surface area contributed by atoms with Gasteiger partial charge in [0.1, 0.15) is 6.17 Å². The van der Waals surface area contributed by atoms with Crippen LogP contribution in [0.25, 0.3) is 11.1 Å². The lowest BCUT2D eigenvalue weighted by molar-refractivity contribution is 0.575. The summed E-state index contributed by atoms with van der Waals surface area (Å²) in [5.74, 6) is 4.49. The average Bonchev–Trinajstić information content (AvgIpc) is 3.67. The summed E-state index contributed by atoms with van der Waals surface area (Å²) in [7, 11) is 0. The van der Waals surface area contributed by atoms with E-state index in [1.54, 1.807) is 0 Å². The van der Waals surface area contributed by atoms with E-state index in [9.17, 15) is 0 Å². The lowest BCUT2D eigenvalue weighted by Gasteiger charge is -2.37. The van der Waals surface area contributed by atoms with E-state index in [1.807, 2.05) is 12.4 Å². The largest absolute Gasteiger partial charge is 0.302 e. The number of hydrogen-bond donors (Lipinski definition) is 0. The van der Waals surface area contributed by atoms with Gasteiger partial charge in [0, 0.05) is 29.7 Å². The number of aromatic nitrogens is 2. The average molecular weight is 515 g/mol. The van der Waals surface area contributed by atoms with E-state index < -0.39 is 0 Å². The summed E-state index contributed by atoms with van der Waals surface area (Å²) in [6.45, 7) is 13.9. The zero-order valence-corrected chi connectivity index (χ0v) is 23.9. The summed E-state index contributed by atoms with van der Waals surface area (Å²) in [6.07, 6.45) is 5.08. The van der Waals surface area contributed by atoms with Gasteiger partial charge >= 0.3 is 0 Å². The lowest BCUT2D eigenvalue weighted by Crippen LogP contribution is -2.43. The molecular weight excluding hydrogens is 476 g/mol. The molecular formula is C35H38N4. The number of fused-ring (bicyclic) bond motifs is 8. The van der Waals surface area contributed by atoms with Crippen LogP contribution in [0.5, 0.6) is 0 Å². The Labute approximate surface area is 232 Å². The topological polar surface area (TPSA) is 32.3 Å². The maximum atomic E-state index is 4.92. The quantitative estimate of drug-likeness (QED) is 0.266. The molecule has 4 aromatic rings. The predicted molar refractivity (Wildman–Crippen MR) is 162 cm³/mol. The Balaban J connectivity index is 1.43. The maximum Gasteiger partial charge on any atom is 0.178 e. The second kappa shape index (κ2) is 8.94. The molecule has 1 aromatic heterocycles. The van der Waals surface area contributed by atoms with Crippen molar-refractivity contribution in [1.82, 2.24) is 9.97 Å². The molecule has 3 unspecified atom stereocenters. The van der Waals surface area contributed by atoms with Crippen molar-refractivity contribution in [2.45, 2.75) is 77.8 Å². The first-order chi connectivity index (χ1) is 18.8. The van der Waals surface area contributed by atoms with E-state index in [0.29, 0.717) is 29.6 Å². The Morgan fingerprint density at radius 1 is 0.718 bits per heavy atom. The van der Waals surface area contributed by atoms with Crippen molar-refractivity contribution < 1.29 is 0 Å². The lowest BCUT2D eigenvalue weighted by atomic mass is 9.81. The zero-order valence-electron chi connectivity index (χ0n) is 23.9. The smallest absolute Gasteiger partial charge is 0.178 e. The van der Waals surface area contributed by atoms with Gasteiger partial charge in [-0.15, -0.1) is 0 Å². The summed E-state index contributed by atoms with van der Waals surface area (Å²) in [4.78, 5) is 14.7. The third-order valence-corrected chi connectivity index (χ3v) is 9.01. The highest BCUT2D eigenvalue weighted by Gasteiger charge is 2.58. The number of para-hydroxylation sites is 1. The second-order valence-electron chi connectivity index (χ2n) is 12.5. The van der Waals surface area contributed by atoms with Gasteiger partial charge in [0.05, 0.1) is 0 Å². The van der Waals surface area contributed by atoms with Crippen LogP contribution in [-0.4, -0.2) is 16.1 Å². The molecule has 3 aliphatic rings. The van der Waals surface area contributed by atoms with Crippen molar-refractivity contribution in [2.24, 2.45) is 5.92 Å². The van der Waals surface area contributed by atoms with Crippen molar-refractivity contribution in [1.29, 1.82) is 0 Å². The van der Waals surface area contributed by atoms with Gasteiger partial charge in [-0.05, 0) is 81.7 Å². The molecule has 0 radical (unpaired) electrons. The minimum atomic E-state index is 0.204. The first-order valence-electron chi connectivity index (χ1n) is 14.6. The fraction of sp³-hybridized carbons (Fsp3) is 0.371. The minimum Gasteiger partial charge on any atom is -0.302 e. The summed E-state index contributed by atoms with van der Waals surface area (Å²) >= 11 is 0. The van der Waals surface area contributed by atoms with Crippen LogP contribution >= 0.6 is 0 Å². The van der Waals surface area contributed by atoms with Gasteiger partial charge in [-0.2, -0.15) is 0 Å². The van der Waals surface area contributed by atoms with Crippen LogP contribution in [0.2, 0.25) is 0 Å². The maximum absolute atomic E-state index is 4.92. The Kier molecular flexibility index (Phi) is 5.59. The van der Waals surface area contributed by atoms with Crippen LogP contribution in [0, 0.1) is 5.92 Å². The van der Waals surface area contributed by atoms with Crippen molar-refractivity contribution in [3.8, 4) is 11.1 Å². The molecule has 0 amide bonds. The number of benzene rings is 3. The van der Waals surface area contributed by atoms with Crippen molar-refractivity contribution >= 4 is 23.0 Å². The highest BCUT2D eigenvalue weighted by Crippen LogP contribution is 2.64. The third kappa shape index (κ3) is 3.71. The molecule has 0 bridgehead atoms. The highest BCUT2D eigenvalue weighted by atomic mass is 15.5. The first kappa shape index (κ1) is 24.4. The SMILES string of the molecule is CC(C)c1cc(C(C)C)c(-c2ccc3c(c2)N2c4nccnc4N(c4ccccc4)C2C2CC32)c(C(C)C)c1. The summed E-state index contributed by atoms with van der Waals surface area (Å²) < 4.78 is 0. The van der Waals surface area contributed by atoms with Gasteiger partial charge in [0.25, 0.3) is 0 Å². The van der Waals surface area contributed by atoms with Crippen LogP contribution in [0.15, 0.2) is 73.1 Å². The summed E-state index contributed by atoms with van der Waals surface area (Å²) in [6, 6.07) is 22.9. The first-order valence-corrected chi connectivity index (χ1v) is 14.6. The van der Waals surface area contributed by atoms with Crippen molar-refractivity contribution in [3.63, 3.8) is 0 Å². The molecule has 4 nitrogen and oxygen atoms in total. The molecule has 1 aliphatic carbocycles. The van der Waals surface area contributed by atoms with Crippen LogP contribution in [0.1, 0.15) is 93.9 Å². The van der Waals surface area contributed by atoms with E-state index >= 15 is 0 Å². The number of anilines is 4. The fourth-order valence-electron chi connectivity index (χ4n) is 6.94. The summed E-state index contributed by atoms with van der Waals surface area (Å²) in [5.41, 5.74) is 11.0. The molecule has 0 saturated heterocycles. The van der Waals surface area contributed by atoms with Gasteiger partial charge in [0.2, 0.25) is 0 Å². The Morgan fingerprint density at radius 3 is 1.97 bits per heavy atom. The molecule has 4 heteroatoms. The highest BCUT2D eigenvalue weighted by molar-refractivity contribution is 5.88. The standard InChI is InChI=1S/C35H38N4/c1-20(2)24-16-27(21(3)4)32(28(17-24)22(5)6)23-12-13-26-29-19-30(29)35-38(25-10-8-7-9-11-25)33-34(37-15-14-36-33)39(35)31(26)18-23/h7-18,20-22,29-30,35H,19H2,1-6H3. The zero-order chi connectivity index (χ0) is 27.0. The van der Waals surface area contributed by atoms with Crippen LogP contribution in [0.3, 0.4) is 0 Å². The molecule has 39 heavy (non-hydrogen) atoms. The Hall–Kier alpha value is -3.66. The van der Waals surface area contributed by atoms with Crippen LogP contribution < -0.4 is 9.80 Å². The van der Waals surface area contributed by atoms with Gasteiger partial charge in [0.15, 0.2) is 11.6 Å². The van der Waals surface area contributed by atoms with Crippen molar-refractivity contribution in [3.05, 3.63) is 95.3 Å². The van der Waals surface area contributed by atoms with E-state index in [0.717, 1.165) is 11.6 Å². The normalized spacial score (nSPS) is 20.8. The van der Waals surface area contributed by atoms with E-state index in [4.69, 9.17) is 9.97 Å². The molecule has 3 atom stereocenters. The molecule has 3 aromatic carbocycles. The monoisotopic (exact) mass is 514 g/mol. The molecule has 7 rings (SSSR count). The molecule has 1 fully saturated rings. The van der Waals surface area contributed by atoms with Crippen LogP contribution in [-0.2, 0) is 0 Å². The molecule has 198 valence electrons. The van der Waals surface area contributed by atoms with Gasteiger partial charge in [-0.25, -0.2) is 9.97 Å². The molecule has 3 heterocycles. The van der Waals surface area contributed by atoms with Crippen molar-refractivity contribution in [2.75, 3.05) is 9.80 Å². The number of rotatable bonds is 5. The Bertz CT molecular complexity index is 1530. The fourth-order valence-corrected chi connectivity index (χ4v) is 6.94. The second-order valence-corrected chi connectivity index (χ2v) is 12.5. The van der Waals surface area contributed by atoms with E-state index in [2.05, 4.69) is 112 Å². The van der Waals surface area contributed by atoms with Gasteiger partial charge < -0.3 is 9.80 Å². The molecule has 2 aliphatic heterocycles. The molecule has 1 saturated carbocycles. The molecule has 0 spiro atoms. The minimum absolute atomic E-state index is 0.204. The van der Waals surface area contributed by atoms with Gasteiger partial charge in [-0.1, -0.05) is 84.0 Å². The van der Waals surface area contributed by atoms with E-state index in [-0.39, 0.29) is 6.17 Å². The number of hydrogen-bond acceptors (Lipinski definition) is 4.